The van der Waals surface area contributed by atoms with E-state index in [2.05, 4.69) is 33.0 Å². The van der Waals surface area contributed by atoms with Crippen molar-refractivity contribution in [3.63, 3.8) is 0 Å². The molecule has 0 spiro atoms. The second kappa shape index (κ2) is 6.36. The van der Waals surface area contributed by atoms with Crippen molar-refractivity contribution >= 4 is 5.78 Å². The van der Waals surface area contributed by atoms with Crippen LogP contribution in [0.25, 0.3) is 0 Å². The average Bonchev–Trinajstić information content (AvgIpc) is 2.16. The van der Waals surface area contributed by atoms with Crippen molar-refractivity contribution in [1.29, 1.82) is 0 Å². The van der Waals surface area contributed by atoms with Gasteiger partial charge < -0.3 is 10.1 Å². The van der Waals surface area contributed by atoms with Crippen LogP contribution >= 0.6 is 0 Å². The van der Waals surface area contributed by atoms with Gasteiger partial charge >= 0.3 is 0 Å². The van der Waals surface area contributed by atoms with Crippen molar-refractivity contribution in [1.82, 2.24) is 5.32 Å². The van der Waals surface area contributed by atoms with E-state index in [1.165, 1.54) is 0 Å². The van der Waals surface area contributed by atoms with Gasteiger partial charge in [0.05, 0.1) is 12.1 Å². The number of rotatable bonds is 8. The second-order valence-corrected chi connectivity index (χ2v) is 5.59. The summed E-state index contributed by atoms with van der Waals surface area (Å²) in [5.74, 6) is 0.266. The molecule has 0 fully saturated rings. The number of hydrogen-bond donors (Lipinski definition) is 1. The first-order valence-electron chi connectivity index (χ1n) is 6.00. The lowest BCUT2D eigenvalue weighted by Gasteiger charge is -2.35. The first kappa shape index (κ1) is 15.6. The summed E-state index contributed by atoms with van der Waals surface area (Å²) in [6.07, 6.45) is 2.47. The lowest BCUT2D eigenvalue weighted by Crippen LogP contribution is -2.35. The largest absolute Gasteiger partial charge is 0.379 e. The zero-order valence-electron chi connectivity index (χ0n) is 11.6. The molecule has 16 heavy (non-hydrogen) atoms. The quantitative estimate of drug-likeness (QED) is 0.694. The topological polar surface area (TPSA) is 38.3 Å². The minimum atomic E-state index is -0.122. The first-order valence-corrected chi connectivity index (χ1v) is 6.00. The van der Waals surface area contributed by atoms with Gasteiger partial charge in [-0.3, -0.25) is 4.79 Å². The molecule has 0 radical (unpaired) electrons. The van der Waals surface area contributed by atoms with E-state index in [-0.39, 0.29) is 16.8 Å². The van der Waals surface area contributed by atoms with Crippen LogP contribution in [-0.4, -0.2) is 32.1 Å². The van der Waals surface area contributed by atoms with Gasteiger partial charge in [0.15, 0.2) is 0 Å². The third kappa shape index (κ3) is 5.61. The van der Waals surface area contributed by atoms with Gasteiger partial charge in [-0.2, -0.15) is 0 Å². The molecule has 0 aliphatic rings. The smallest absolute Gasteiger partial charge is 0.147 e. The fourth-order valence-electron chi connectivity index (χ4n) is 2.21. The molecule has 96 valence electrons. The standard InChI is InChI=1S/C13H27NO2/c1-7-13(4,16-6)10-12(2,3)8-11(15)9-14-5/h14H,7-10H2,1-6H3. The summed E-state index contributed by atoms with van der Waals surface area (Å²) in [5, 5.41) is 2.90. The third-order valence-corrected chi connectivity index (χ3v) is 3.14. The lowest BCUT2D eigenvalue weighted by molar-refractivity contribution is -0.121. The van der Waals surface area contributed by atoms with E-state index >= 15 is 0 Å². The Morgan fingerprint density at radius 1 is 1.31 bits per heavy atom. The summed E-state index contributed by atoms with van der Waals surface area (Å²) >= 11 is 0. The molecule has 0 rings (SSSR count). The number of ketones is 1. The summed E-state index contributed by atoms with van der Waals surface area (Å²) in [4.78, 5) is 11.6. The Labute approximate surface area is 99.9 Å². The molecule has 0 heterocycles. The van der Waals surface area contributed by atoms with E-state index in [9.17, 15) is 4.79 Å². The third-order valence-electron chi connectivity index (χ3n) is 3.14. The van der Waals surface area contributed by atoms with Crippen molar-refractivity contribution < 1.29 is 9.53 Å². The highest BCUT2D eigenvalue weighted by atomic mass is 16.5. The van der Waals surface area contributed by atoms with E-state index in [0.29, 0.717) is 13.0 Å². The van der Waals surface area contributed by atoms with Crippen LogP contribution in [0.1, 0.15) is 47.0 Å². The monoisotopic (exact) mass is 229 g/mol. The van der Waals surface area contributed by atoms with Gasteiger partial charge in [0.2, 0.25) is 0 Å². The van der Waals surface area contributed by atoms with Crippen LogP contribution in [0, 0.1) is 5.41 Å². The lowest BCUT2D eigenvalue weighted by atomic mass is 9.76. The fourth-order valence-corrected chi connectivity index (χ4v) is 2.21. The van der Waals surface area contributed by atoms with Crippen molar-refractivity contribution in [2.24, 2.45) is 5.41 Å². The summed E-state index contributed by atoms with van der Waals surface area (Å²) in [6, 6.07) is 0. The van der Waals surface area contributed by atoms with Crippen molar-refractivity contribution in [3.05, 3.63) is 0 Å². The molecule has 1 unspecified atom stereocenters. The highest BCUT2D eigenvalue weighted by molar-refractivity contribution is 5.81. The van der Waals surface area contributed by atoms with Crippen molar-refractivity contribution in [2.75, 3.05) is 20.7 Å². The number of carbonyl (C=O) groups excluding carboxylic acids is 1. The SMILES string of the molecule is CCC(C)(CC(C)(C)CC(=O)CNC)OC. The molecular formula is C13H27NO2. The second-order valence-electron chi connectivity index (χ2n) is 5.59. The maximum atomic E-state index is 11.6. The zero-order chi connectivity index (χ0) is 12.8. The highest BCUT2D eigenvalue weighted by Crippen LogP contribution is 2.34. The van der Waals surface area contributed by atoms with E-state index in [1.54, 1.807) is 14.2 Å². The number of Topliss-reactive ketones (excluding diaryl/α,β-unsaturated/α-hetero) is 1. The van der Waals surface area contributed by atoms with E-state index in [1.807, 2.05) is 0 Å². The molecule has 0 saturated carbocycles. The van der Waals surface area contributed by atoms with Gasteiger partial charge in [0.1, 0.15) is 5.78 Å². The predicted molar refractivity (Wildman–Crippen MR) is 67.7 cm³/mol. The van der Waals surface area contributed by atoms with Crippen LogP contribution in [0.5, 0.6) is 0 Å². The Kier molecular flexibility index (Phi) is 6.19. The predicted octanol–water partition coefficient (Wildman–Crippen LogP) is 2.40. The van der Waals surface area contributed by atoms with Crippen LogP contribution in [0.2, 0.25) is 0 Å². The summed E-state index contributed by atoms with van der Waals surface area (Å²) in [6.45, 7) is 8.95. The fraction of sp³-hybridized carbons (Fsp3) is 0.923. The molecule has 0 amide bonds. The van der Waals surface area contributed by atoms with E-state index in [0.717, 1.165) is 12.8 Å². The van der Waals surface area contributed by atoms with E-state index < -0.39 is 0 Å². The number of methoxy groups -OCH3 is 1. The van der Waals surface area contributed by atoms with Gasteiger partial charge in [-0.15, -0.1) is 0 Å². The zero-order valence-corrected chi connectivity index (χ0v) is 11.6. The molecule has 0 saturated heterocycles. The average molecular weight is 229 g/mol. The maximum Gasteiger partial charge on any atom is 0.147 e. The Morgan fingerprint density at radius 3 is 2.25 bits per heavy atom. The molecule has 0 aliphatic heterocycles. The Hall–Kier alpha value is -0.410. The summed E-state index contributed by atoms with van der Waals surface area (Å²) in [5.41, 5.74) is -0.127. The molecule has 0 aromatic rings. The Morgan fingerprint density at radius 2 is 1.88 bits per heavy atom. The van der Waals surface area contributed by atoms with Gasteiger partial charge in [-0.05, 0) is 32.2 Å². The molecule has 3 nitrogen and oxygen atoms in total. The molecule has 0 aromatic heterocycles. The number of hydrogen-bond acceptors (Lipinski definition) is 3. The van der Waals surface area contributed by atoms with Gasteiger partial charge in [-0.1, -0.05) is 20.8 Å². The van der Waals surface area contributed by atoms with Crippen LogP contribution in [0.15, 0.2) is 0 Å². The van der Waals surface area contributed by atoms with Crippen molar-refractivity contribution in [2.45, 2.75) is 52.6 Å². The highest BCUT2D eigenvalue weighted by Gasteiger charge is 2.32. The molecule has 0 aromatic carbocycles. The molecule has 1 atom stereocenters. The first-order chi connectivity index (χ1) is 7.28. The van der Waals surface area contributed by atoms with Gasteiger partial charge in [-0.25, -0.2) is 0 Å². The van der Waals surface area contributed by atoms with Crippen LogP contribution < -0.4 is 5.32 Å². The number of ether oxygens (including phenoxy) is 1. The molecule has 0 bridgehead atoms. The van der Waals surface area contributed by atoms with Crippen molar-refractivity contribution in [3.8, 4) is 0 Å². The summed E-state index contributed by atoms with van der Waals surface area (Å²) in [7, 11) is 3.55. The van der Waals surface area contributed by atoms with E-state index in [4.69, 9.17) is 4.74 Å². The number of carbonyl (C=O) groups is 1. The summed E-state index contributed by atoms with van der Waals surface area (Å²) < 4.78 is 5.54. The molecule has 3 heteroatoms. The molecular weight excluding hydrogens is 202 g/mol. The Bertz CT molecular complexity index is 220. The minimum absolute atomic E-state index is 0.00525. The maximum absolute atomic E-state index is 11.6. The minimum Gasteiger partial charge on any atom is -0.379 e. The van der Waals surface area contributed by atoms with Crippen LogP contribution in [0.3, 0.4) is 0 Å². The van der Waals surface area contributed by atoms with Gasteiger partial charge in [0.25, 0.3) is 0 Å². The normalized spacial score (nSPS) is 15.9. The molecule has 1 N–H and O–H groups in total. The van der Waals surface area contributed by atoms with Crippen LogP contribution in [-0.2, 0) is 9.53 Å². The Balaban J connectivity index is 4.38. The van der Waals surface area contributed by atoms with Gasteiger partial charge in [0, 0.05) is 13.5 Å². The number of nitrogens with one attached hydrogen (secondary N) is 1. The van der Waals surface area contributed by atoms with Crippen LogP contribution in [0.4, 0.5) is 0 Å². The molecule has 0 aliphatic carbocycles. The number of likely N-dealkylation sites (N-methyl/N-ethyl adjacent to an activating group) is 1.